The number of nitrogens with one attached hydrogen (secondary N) is 1. The van der Waals surface area contributed by atoms with Crippen molar-refractivity contribution in [2.24, 2.45) is 0 Å². The smallest absolute Gasteiger partial charge is 0.225 e. The molecule has 0 unspecified atom stereocenters. The SMILES string of the molecule is Cc1ccc(-c2nc(Cl)nc3nc[nH]c23)c(Cl)c1. The van der Waals surface area contributed by atoms with E-state index in [4.69, 9.17) is 23.2 Å². The Balaban J connectivity index is 2.33. The normalized spacial score (nSPS) is 11.1. The Hall–Kier alpha value is -1.65. The number of fused-ring (bicyclic) bond motifs is 1. The van der Waals surface area contributed by atoms with Crippen LogP contribution in [0.4, 0.5) is 0 Å². The van der Waals surface area contributed by atoms with E-state index in [0.29, 0.717) is 16.4 Å². The summed E-state index contributed by atoms with van der Waals surface area (Å²) in [6.45, 7) is 1.98. The Bertz CT molecular complexity index is 736. The summed E-state index contributed by atoms with van der Waals surface area (Å²) in [5.74, 6) is 0. The van der Waals surface area contributed by atoms with Crippen molar-refractivity contribution >= 4 is 34.4 Å². The topological polar surface area (TPSA) is 54.5 Å². The predicted octanol–water partition coefficient (Wildman–Crippen LogP) is 3.64. The van der Waals surface area contributed by atoms with Crippen LogP contribution in [0.25, 0.3) is 22.4 Å². The zero-order chi connectivity index (χ0) is 12.7. The lowest BCUT2D eigenvalue weighted by Gasteiger charge is -2.06. The molecule has 0 bridgehead atoms. The van der Waals surface area contributed by atoms with Gasteiger partial charge in [0.25, 0.3) is 0 Å². The first kappa shape index (κ1) is 11.4. The van der Waals surface area contributed by atoms with Crippen LogP contribution in [0.5, 0.6) is 0 Å². The molecular formula is C12H8Cl2N4. The second-order valence-corrected chi connectivity index (χ2v) is 4.67. The summed E-state index contributed by atoms with van der Waals surface area (Å²) in [7, 11) is 0. The van der Waals surface area contributed by atoms with E-state index < -0.39 is 0 Å². The molecule has 18 heavy (non-hydrogen) atoms. The van der Waals surface area contributed by atoms with E-state index in [1.807, 2.05) is 25.1 Å². The maximum absolute atomic E-state index is 6.25. The molecule has 0 saturated carbocycles. The molecule has 0 spiro atoms. The number of aromatic amines is 1. The van der Waals surface area contributed by atoms with E-state index in [2.05, 4.69) is 19.9 Å². The largest absolute Gasteiger partial charge is 0.341 e. The molecule has 0 aliphatic heterocycles. The summed E-state index contributed by atoms with van der Waals surface area (Å²) in [5, 5.41) is 0.780. The van der Waals surface area contributed by atoms with Crippen LogP contribution in [0.1, 0.15) is 5.56 Å². The predicted molar refractivity (Wildman–Crippen MR) is 71.9 cm³/mol. The van der Waals surface area contributed by atoms with Crippen molar-refractivity contribution in [3.8, 4) is 11.3 Å². The Morgan fingerprint density at radius 2 is 2.00 bits per heavy atom. The minimum atomic E-state index is 0.154. The third-order valence-corrected chi connectivity index (χ3v) is 3.12. The molecule has 3 aromatic rings. The van der Waals surface area contributed by atoms with Gasteiger partial charge in [0.15, 0.2) is 5.65 Å². The van der Waals surface area contributed by atoms with Gasteiger partial charge in [-0.2, -0.15) is 4.98 Å². The van der Waals surface area contributed by atoms with Crippen LogP contribution in [-0.2, 0) is 0 Å². The highest BCUT2D eigenvalue weighted by atomic mass is 35.5. The molecular weight excluding hydrogens is 271 g/mol. The summed E-state index contributed by atoms with van der Waals surface area (Å²) in [6.07, 6.45) is 1.56. The highest BCUT2D eigenvalue weighted by Crippen LogP contribution is 2.31. The van der Waals surface area contributed by atoms with Gasteiger partial charge < -0.3 is 4.98 Å². The van der Waals surface area contributed by atoms with E-state index >= 15 is 0 Å². The van der Waals surface area contributed by atoms with Crippen molar-refractivity contribution in [2.45, 2.75) is 6.92 Å². The van der Waals surface area contributed by atoms with Gasteiger partial charge in [-0.25, -0.2) is 9.97 Å². The molecule has 4 nitrogen and oxygen atoms in total. The van der Waals surface area contributed by atoms with Crippen LogP contribution >= 0.6 is 23.2 Å². The van der Waals surface area contributed by atoms with Gasteiger partial charge in [-0.3, -0.25) is 0 Å². The average Bonchev–Trinajstić information content (AvgIpc) is 2.76. The third-order valence-electron chi connectivity index (χ3n) is 2.64. The second kappa shape index (κ2) is 4.23. The lowest BCUT2D eigenvalue weighted by molar-refractivity contribution is 1.20. The van der Waals surface area contributed by atoms with Crippen molar-refractivity contribution in [1.82, 2.24) is 19.9 Å². The molecule has 0 aliphatic carbocycles. The van der Waals surface area contributed by atoms with Crippen LogP contribution in [0, 0.1) is 6.92 Å². The van der Waals surface area contributed by atoms with Crippen LogP contribution in [0.15, 0.2) is 24.5 Å². The van der Waals surface area contributed by atoms with E-state index in [-0.39, 0.29) is 5.28 Å². The second-order valence-electron chi connectivity index (χ2n) is 3.93. The monoisotopic (exact) mass is 278 g/mol. The van der Waals surface area contributed by atoms with Gasteiger partial charge in [-0.05, 0) is 30.2 Å². The molecule has 1 N–H and O–H groups in total. The van der Waals surface area contributed by atoms with Crippen LogP contribution in [0.2, 0.25) is 10.3 Å². The van der Waals surface area contributed by atoms with Gasteiger partial charge in [-0.15, -0.1) is 0 Å². The van der Waals surface area contributed by atoms with Crippen LogP contribution in [-0.4, -0.2) is 19.9 Å². The zero-order valence-electron chi connectivity index (χ0n) is 9.41. The van der Waals surface area contributed by atoms with Crippen molar-refractivity contribution < 1.29 is 0 Å². The molecule has 1 aromatic carbocycles. The number of rotatable bonds is 1. The summed E-state index contributed by atoms with van der Waals surface area (Å²) in [4.78, 5) is 15.4. The van der Waals surface area contributed by atoms with Gasteiger partial charge in [0, 0.05) is 5.56 Å². The molecule has 2 heterocycles. The van der Waals surface area contributed by atoms with E-state index in [9.17, 15) is 0 Å². The van der Waals surface area contributed by atoms with Gasteiger partial charge in [0.1, 0.15) is 11.2 Å². The number of aryl methyl sites for hydroxylation is 1. The molecule has 0 fully saturated rings. The molecule has 2 aromatic heterocycles. The van der Waals surface area contributed by atoms with Gasteiger partial charge >= 0.3 is 0 Å². The van der Waals surface area contributed by atoms with E-state index in [1.54, 1.807) is 6.33 Å². The van der Waals surface area contributed by atoms with Crippen LogP contribution in [0.3, 0.4) is 0 Å². The Labute approximate surface area is 113 Å². The van der Waals surface area contributed by atoms with E-state index in [0.717, 1.165) is 16.6 Å². The molecule has 6 heteroatoms. The molecule has 3 rings (SSSR count). The molecule has 0 aliphatic rings. The average molecular weight is 279 g/mol. The first-order chi connectivity index (χ1) is 8.65. The fraction of sp³-hybridized carbons (Fsp3) is 0.0833. The van der Waals surface area contributed by atoms with Crippen molar-refractivity contribution in [3.05, 3.63) is 40.4 Å². The number of aromatic nitrogens is 4. The maximum Gasteiger partial charge on any atom is 0.225 e. The Morgan fingerprint density at radius 3 is 2.78 bits per heavy atom. The summed E-state index contributed by atoms with van der Waals surface area (Å²) in [6, 6.07) is 5.77. The minimum Gasteiger partial charge on any atom is -0.341 e. The highest BCUT2D eigenvalue weighted by molar-refractivity contribution is 6.33. The number of benzene rings is 1. The van der Waals surface area contributed by atoms with Gasteiger partial charge in [0.05, 0.1) is 11.3 Å². The third kappa shape index (κ3) is 1.83. The van der Waals surface area contributed by atoms with Crippen molar-refractivity contribution in [2.75, 3.05) is 0 Å². The Morgan fingerprint density at radius 1 is 1.17 bits per heavy atom. The molecule has 90 valence electrons. The quantitative estimate of drug-likeness (QED) is 0.692. The molecule has 0 radical (unpaired) electrons. The first-order valence-corrected chi connectivity index (χ1v) is 6.04. The minimum absolute atomic E-state index is 0.154. The molecule has 0 atom stereocenters. The lowest BCUT2D eigenvalue weighted by Crippen LogP contribution is -1.91. The van der Waals surface area contributed by atoms with Gasteiger partial charge in [0.2, 0.25) is 5.28 Å². The van der Waals surface area contributed by atoms with Crippen molar-refractivity contribution in [3.63, 3.8) is 0 Å². The highest BCUT2D eigenvalue weighted by Gasteiger charge is 2.13. The van der Waals surface area contributed by atoms with E-state index in [1.165, 1.54) is 0 Å². The molecule has 0 saturated heterocycles. The lowest BCUT2D eigenvalue weighted by atomic mass is 10.1. The number of halogens is 2. The standard InChI is InChI=1S/C12H8Cl2N4/c1-6-2-3-7(8(13)4-6)9-10-11(16-5-15-10)18-12(14)17-9/h2-5H,1H3,(H,15,16,17,18). The number of imidazole rings is 1. The number of hydrogen-bond donors (Lipinski definition) is 1. The fourth-order valence-corrected chi connectivity index (χ4v) is 2.30. The first-order valence-electron chi connectivity index (χ1n) is 5.28. The van der Waals surface area contributed by atoms with Crippen molar-refractivity contribution in [1.29, 1.82) is 0 Å². The van der Waals surface area contributed by atoms with Crippen LogP contribution < -0.4 is 0 Å². The maximum atomic E-state index is 6.25. The summed E-state index contributed by atoms with van der Waals surface area (Å²) < 4.78 is 0. The summed E-state index contributed by atoms with van der Waals surface area (Å²) >= 11 is 12.1. The number of hydrogen-bond acceptors (Lipinski definition) is 3. The van der Waals surface area contributed by atoms with Gasteiger partial charge in [-0.1, -0.05) is 23.7 Å². The molecule has 0 amide bonds. The zero-order valence-corrected chi connectivity index (χ0v) is 10.9. The number of nitrogens with zero attached hydrogens (tertiary/aromatic N) is 3. The summed E-state index contributed by atoms with van der Waals surface area (Å²) in [5.41, 5.74) is 3.81. The fourth-order valence-electron chi connectivity index (χ4n) is 1.81. The Kier molecular flexibility index (Phi) is 2.69. The number of H-pyrrole nitrogens is 1.